The van der Waals surface area contributed by atoms with Gasteiger partial charge in [0.25, 0.3) is 0 Å². The van der Waals surface area contributed by atoms with Crippen LogP contribution in [0.4, 0.5) is 0 Å². The van der Waals surface area contributed by atoms with Crippen LogP contribution in [0.25, 0.3) is 0 Å². The maximum absolute atomic E-state index is 5.49. The summed E-state index contributed by atoms with van der Waals surface area (Å²) >= 11 is 0. The summed E-state index contributed by atoms with van der Waals surface area (Å²) in [5.41, 5.74) is 1.38. The predicted octanol–water partition coefficient (Wildman–Crippen LogP) is 2.70. The summed E-state index contributed by atoms with van der Waals surface area (Å²) in [5, 5.41) is 3.47. The molecule has 1 aromatic carbocycles. The lowest BCUT2D eigenvalue weighted by molar-refractivity contribution is 0.0961. The molecule has 0 bridgehead atoms. The van der Waals surface area contributed by atoms with E-state index in [0.29, 0.717) is 6.04 Å². The molecule has 3 heteroatoms. The molecule has 3 nitrogen and oxygen atoms in total. The fourth-order valence-electron chi connectivity index (χ4n) is 2.27. The number of benzene rings is 1. The SMILES string of the molecule is CCNCC(c1ccccc1)N(CC)CCOCC. The Morgan fingerprint density at radius 3 is 2.47 bits per heavy atom. The van der Waals surface area contributed by atoms with Crippen molar-refractivity contribution in [3.05, 3.63) is 35.9 Å². The van der Waals surface area contributed by atoms with E-state index in [-0.39, 0.29) is 0 Å². The number of hydrogen-bond acceptors (Lipinski definition) is 3. The second-order valence-corrected chi connectivity index (χ2v) is 4.56. The first-order chi connectivity index (χ1) is 9.33. The summed E-state index contributed by atoms with van der Waals surface area (Å²) in [6.45, 7) is 12.0. The highest BCUT2D eigenvalue weighted by Crippen LogP contribution is 2.19. The molecule has 0 aromatic heterocycles. The van der Waals surface area contributed by atoms with E-state index < -0.39 is 0 Å². The smallest absolute Gasteiger partial charge is 0.0593 e. The van der Waals surface area contributed by atoms with Gasteiger partial charge in [0.05, 0.1) is 6.61 Å². The molecule has 0 spiro atoms. The molecule has 0 amide bonds. The lowest BCUT2D eigenvalue weighted by Crippen LogP contribution is -2.37. The van der Waals surface area contributed by atoms with Crippen molar-refractivity contribution < 1.29 is 4.74 Å². The fourth-order valence-corrected chi connectivity index (χ4v) is 2.27. The minimum Gasteiger partial charge on any atom is -0.380 e. The first-order valence-corrected chi connectivity index (χ1v) is 7.40. The van der Waals surface area contributed by atoms with E-state index >= 15 is 0 Å². The molecule has 0 aliphatic carbocycles. The van der Waals surface area contributed by atoms with Gasteiger partial charge in [-0.15, -0.1) is 0 Å². The van der Waals surface area contributed by atoms with Crippen LogP contribution in [0.15, 0.2) is 30.3 Å². The van der Waals surface area contributed by atoms with Crippen molar-refractivity contribution in [3.63, 3.8) is 0 Å². The third-order valence-electron chi connectivity index (χ3n) is 3.35. The number of hydrogen-bond donors (Lipinski definition) is 1. The zero-order valence-corrected chi connectivity index (χ0v) is 12.6. The highest BCUT2D eigenvalue weighted by atomic mass is 16.5. The molecule has 1 aromatic rings. The van der Waals surface area contributed by atoms with Crippen molar-refractivity contribution in [1.82, 2.24) is 10.2 Å². The summed E-state index contributed by atoms with van der Waals surface area (Å²) in [5.74, 6) is 0. The molecule has 1 N–H and O–H groups in total. The average molecular weight is 264 g/mol. The number of nitrogens with one attached hydrogen (secondary N) is 1. The molecule has 0 aliphatic rings. The van der Waals surface area contributed by atoms with Crippen LogP contribution in [-0.4, -0.2) is 44.3 Å². The van der Waals surface area contributed by atoms with Gasteiger partial charge in [-0.3, -0.25) is 4.90 Å². The van der Waals surface area contributed by atoms with Gasteiger partial charge in [0.2, 0.25) is 0 Å². The van der Waals surface area contributed by atoms with Crippen molar-refractivity contribution in [2.24, 2.45) is 0 Å². The average Bonchev–Trinajstić information content (AvgIpc) is 2.47. The Labute approximate surface area is 118 Å². The minimum absolute atomic E-state index is 0.423. The fraction of sp³-hybridized carbons (Fsp3) is 0.625. The second-order valence-electron chi connectivity index (χ2n) is 4.56. The normalized spacial score (nSPS) is 12.8. The maximum atomic E-state index is 5.49. The van der Waals surface area contributed by atoms with E-state index in [4.69, 9.17) is 4.74 Å². The lowest BCUT2D eigenvalue weighted by atomic mass is 10.1. The van der Waals surface area contributed by atoms with Gasteiger partial charge in [-0.05, 0) is 25.6 Å². The van der Waals surface area contributed by atoms with Gasteiger partial charge in [-0.2, -0.15) is 0 Å². The molecule has 0 saturated carbocycles. The Balaban J connectivity index is 2.70. The lowest BCUT2D eigenvalue weighted by Gasteiger charge is -2.31. The van der Waals surface area contributed by atoms with E-state index in [1.54, 1.807) is 0 Å². The Hall–Kier alpha value is -0.900. The van der Waals surface area contributed by atoms with Crippen LogP contribution in [0.1, 0.15) is 32.4 Å². The summed E-state index contributed by atoms with van der Waals surface area (Å²) in [6, 6.07) is 11.2. The van der Waals surface area contributed by atoms with Crippen LogP contribution in [-0.2, 0) is 4.74 Å². The molecule has 0 radical (unpaired) electrons. The van der Waals surface area contributed by atoms with E-state index in [1.165, 1.54) is 5.56 Å². The molecule has 0 fully saturated rings. The quantitative estimate of drug-likeness (QED) is 0.658. The monoisotopic (exact) mass is 264 g/mol. The molecule has 0 aliphatic heterocycles. The molecule has 1 atom stereocenters. The zero-order valence-electron chi connectivity index (χ0n) is 12.6. The van der Waals surface area contributed by atoms with Gasteiger partial charge in [-0.25, -0.2) is 0 Å². The third-order valence-corrected chi connectivity index (χ3v) is 3.35. The van der Waals surface area contributed by atoms with Crippen LogP contribution in [0.3, 0.4) is 0 Å². The Morgan fingerprint density at radius 1 is 1.16 bits per heavy atom. The largest absolute Gasteiger partial charge is 0.380 e. The highest BCUT2D eigenvalue weighted by molar-refractivity contribution is 5.19. The predicted molar refractivity (Wildman–Crippen MR) is 81.5 cm³/mol. The third kappa shape index (κ3) is 5.72. The van der Waals surface area contributed by atoms with E-state index in [1.807, 2.05) is 6.92 Å². The van der Waals surface area contributed by atoms with Crippen LogP contribution >= 0.6 is 0 Å². The highest BCUT2D eigenvalue weighted by Gasteiger charge is 2.18. The van der Waals surface area contributed by atoms with Gasteiger partial charge in [0.15, 0.2) is 0 Å². The van der Waals surface area contributed by atoms with Crippen molar-refractivity contribution in [2.75, 3.05) is 39.4 Å². The number of ether oxygens (including phenoxy) is 1. The minimum atomic E-state index is 0.423. The van der Waals surface area contributed by atoms with Gasteiger partial charge in [0.1, 0.15) is 0 Å². The molecular formula is C16H28N2O. The first kappa shape index (κ1) is 16.2. The van der Waals surface area contributed by atoms with Crippen LogP contribution in [0, 0.1) is 0 Å². The van der Waals surface area contributed by atoms with Gasteiger partial charge in [0, 0.05) is 25.7 Å². The number of likely N-dealkylation sites (N-methyl/N-ethyl adjacent to an activating group) is 2. The Bertz CT molecular complexity index is 316. The van der Waals surface area contributed by atoms with Crippen LogP contribution < -0.4 is 5.32 Å². The summed E-state index contributed by atoms with van der Waals surface area (Å²) in [6.07, 6.45) is 0. The molecular weight excluding hydrogens is 236 g/mol. The maximum Gasteiger partial charge on any atom is 0.0593 e. The van der Waals surface area contributed by atoms with Gasteiger partial charge >= 0.3 is 0 Å². The Kier molecular flexibility index (Phi) is 8.47. The molecule has 0 saturated heterocycles. The van der Waals surface area contributed by atoms with Crippen molar-refractivity contribution >= 4 is 0 Å². The molecule has 0 heterocycles. The van der Waals surface area contributed by atoms with Crippen LogP contribution in [0.2, 0.25) is 0 Å². The van der Waals surface area contributed by atoms with Crippen molar-refractivity contribution in [1.29, 1.82) is 0 Å². The summed E-state index contributed by atoms with van der Waals surface area (Å²) in [4.78, 5) is 2.48. The summed E-state index contributed by atoms with van der Waals surface area (Å²) < 4.78 is 5.49. The van der Waals surface area contributed by atoms with E-state index in [2.05, 4.69) is 54.4 Å². The van der Waals surface area contributed by atoms with Crippen molar-refractivity contribution in [3.8, 4) is 0 Å². The topological polar surface area (TPSA) is 24.5 Å². The van der Waals surface area contributed by atoms with Gasteiger partial charge in [-0.1, -0.05) is 44.2 Å². The molecule has 1 rings (SSSR count). The molecule has 19 heavy (non-hydrogen) atoms. The number of rotatable bonds is 10. The zero-order chi connectivity index (χ0) is 13.9. The van der Waals surface area contributed by atoms with Gasteiger partial charge < -0.3 is 10.1 Å². The van der Waals surface area contributed by atoms with Crippen molar-refractivity contribution in [2.45, 2.75) is 26.8 Å². The standard InChI is InChI=1S/C16H28N2O/c1-4-17-14-16(15-10-8-7-9-11-15)18(5-2)12-13-19-6-3/h7-11,16-17H,4-6,12-14H2,1-3H3. The summed E-state index contributed by atoms with van der Waals surface area (Å²) in [7, 11) is 0. The van der Waals surface area contributed by atoms with E-state index in [0.717, 1.165) is 39.4 Å². The first-order valence-electron chi connectivity index (χ1n) is 7.40. The number of nitrogens with zero attached hydrogens (tertiary/aromatic N) is 1. The Morgan fingerprint density at radius 2 is 1.89 bits per heavy atom. The van der Waals surface area contributed by atoms with E-state index in [9.17, 15) is 0 Å². The van der Waals surface area contributed by atoms with Crippen LogP contribution in [0.5, 0.6) is 0 Å². The second kappa shape index (κ2) is 9.96. The molecule has 1 unspecified atom stereocenters. The molecule has 108 valence electrons.